The van der Waals surface area contributed by atoms with Crippen LogP contribution in [-0.4, -0.2) is 18.3 Å². The Bertz CT molecular complexity index is 377. The second kappa shape index (κ2) is 6.24. The molecule has 0 radical (unpaired) electrons. The van der Waals surface area contributed by atoms with Gasteiger partial charge in [-0.1, -0.05) is 44.4 Å². The zero-order valence-electron chi connectivity index (χ0n) is 11.4. The van der Waals surface area contributed by atoms with Gasteiger partial charge in [0.05, 0.1) is 0 Å². The number of unbranched alkanes of at least 4 members (excludes halogenated alkanes) is 2. The number of rotatable bonds is 5. The number of hydrogen-bond acceptors (Lipinski definition) is 2. The van der Waals surface area contributed by atoms with Crippen LogP contribution in [0.5, 0.6) is 0 Å². The number of nitrogens with one attached hydrogen (secondary N) is 1. The lowest BCUT2D eigenvalue weighted by atomic mass is 9.76. The van der Waals surface area contributed by atoms with E-state index in [1.807, 2.05) is 0 Å². The minimum atomic E-state index is 0.0920. The third-order valence-electron chi connectivity index (χ3n) is 4.20. The molecule has 1 atom stereocenters. The predicted molar refractivity (Wildman–Crippen MR) is 76.9 cm³/mol. The normalized spacial score (nSPS) is 23.0. The highest BCUT2D eigenvalue weighted by molar-refractivity contribution is 5.52. The molecule has 1 aromatic rings. The van der Waals surface area contributed by atoms with Gasteiger partial charge in [0, 0.05) is 18.8 Å². The minimum Gasteiger partial charge on any atom is -0.396 e. The Labute approximate surface area is 110 Å². The van der Waals surface area contributed by atoms with Crippen LogP contribution in [0.4, 0.5) is 5.69 Å². The highest BCUT2D eigenvalue weighted by Crippen LogP contribution is 2.37. The number of aliphatic hydroxyl groups excluding tert-OH is 1. The van der Waals surface area contributed by atoms with Crippen LogP contribution in [0.1, 0.15) is 44.6 Å². The Morgan fingerprint density at radius 2 is 2.11 bits per heavy atom. The summed E-state index contributed by atoms with van der Waals surface area (Å²) in [6.07, 6.45) is 6.98. The zero-order chi connectivity index (χ0) is 12.8. The van der Waals surface area contributed by atoms with Gasteiger partial charge in [-0.2, -0.15) is 0 Å². The van der Waals surface area contributed by atoms with Gasteiger partial charge in [-0.05, 0) is 36.3 Å². The molecule has 2 rings (SSSR count). The Hall–Kier alpha value is -1.02. The third-order valence-corrected chi connectivity index (χ3v) is 4.20. The summed E-state index contributed by atoms with van der Waals surface area (Å²) in [5.74, 6) is 0. The van der Waals surface area contributed by atoms with E-state index >= 15 is 0 Å². The Kier molecular flexibility index (Phi) is 4.65. The summed E-state index contributed by atoms with van der Waals surface area (Å²) in [7, 11) is 0. The van der Waals surface area contributed by atoms with E-state index in [-0.39, 0.29) is 5.41 Å². The predicted octanol–water partition coefficient (Wildman–Crippen LogP) is 3.60. The van der Waals surface area contributed by atoms with Crippen molar-refractivity contribution in [2.75, 3.05) is 18.5 Å². The lowest BCUT2D eigenvalue weighted by molar-refractivity contribution is 0.106. The van der Waals surface area contributed by atoms with E-state index in [1.165, 1.54) is 30.5 Å². The molecule has 0 fully saturated rings. The topological polar surface area (TPSA) is 32.3 Å². The van der Waals surface area contributed by atoms with E-state index in [1.54, 1.807) is 0 Å². The van der Waals surface area contributed by atoms with E-state index < -0.39 is 0 Å². The van der Waals surface area contributed by atoms with Crippen molar-refractivity contribution in [1.29, 1.82) is 0 Å². The van der Waals surface area contributed by atoms with Crippen molar-refractivity contribution in [2.24, 2.45) is 5.41 Å². The van der Waals surface area contributed by atoms with E-state index in [0.29, 0.717) is 6.61 Å². The molecule has 1 unspecified atom stereocenters. The van der Waals surface area contributed by atoms with Crippen LogP contribution < -0.4 is 5.32 Å². The van der Waals surface area contributed by atoms with Gasteiger partial charge in [0.15, 0.2) is 0 Å². The van der Waals surface area contributed by atoms with E-state index in [2.05, 4.69) is 36.5 Å². The molecule has 1 aromatic carbocycles. The van der Waals surface area contributed by atoms with Gasteiger partial charge in [-0.3, -0.25) is 0 Å². The van der Waals surface area contributed by atoms with Gasteiger partial charge in [-0.25, -0.2) is 0 Å². The van der Waals surface area contributed by atoms with Gasteiger partial charge in [0.2, 0.25) is 0 Å². The van der Waals surface area contributed by atoms with E-state index in [9.17, 15) is 5.11 Å². The molecule has 2 N–H and O–H groups in total. The maximum Gasteiger partial charge on any atom is 0.0491 e. The number of para-hydroxylation sites is 1. The molecule has 0 amide bonds. The second-order valence-corrected chi connectivity index (χ2v) is 5.63. The molecule has 1 aliphatic heterocycles. The number of benzene rings is 1. The number of aliphatic hydroxyl groups is 1. The zero-order valence-corrected chi connectivity index (χ0v) is 11.4. The largest absolute Gasteiger partial charge is 0.396 e. The quantitative estimate of drug-likeness (QED) is 0.779. The molecular formula is C16H25NO. The molecule has 0 aliphatic carbocycles. The summed E-state index contributed by atoms with van der Waals surface area (Å²) < 4.78 is 0. The van der Waals surface area contributed by atoms with Crippen molar-refractivity contribution in [3.05, 3.63) is 29.8 Å². The lowest BCUT2D eigenvalue weighted by Crippen LogP contribution is -2.29. The van der Waals surface area contributed by atoms with Crippen molar-refractivity contribution in [3.63, 3.8) is 0 Å². The standard InChI is InChI=1S/C16H25NO/c1-2-3-6-9-16(13-18)10-11-17-15-8-5-4-7-14(15)12-16/h4-5,7-8,17-18H,2-3,6,9-13H2,1H3. The molecule has 0 aromatic heterocycles. The molecular weight excluding hydrogens is 222 g/mol. The summed E-state index contributed by atoms with van der Waals surface area (Å²) in [5.41, 5.74) is 2.71. The molecule has 1 heterocycles. The minimum absolute atomic E-state index is 0.0920. The van der Waals surface area contributed by atoms with Gasteiger partial charge < -0.3 is 10.4 Å². The first-order valence-electron chi connectivity index (χ1n) is 7.22. The molecule has 1 aliphatic rings. The molecule has 2 nitrogen and oxygen atoms in total. The molecule has 100 valence electrons. The summed E-state index contributed by atoms with van der Waals surface area (Å²) in [5, 5.41) is 13.4. The summed E-state index contributed by atoms with van der Waals surface area (Å²) in [6, 6.07) is 8.52. The van der Waals surface area contributed by atoms with Crippen molar-refractivity contribution in [2.45, 2.75) is 45.4 Å². The molecule has 0 saturated carbocycles. The second-order valence-electron chi connectivity index (χ2n) is 5.63. The smallest absolute Gasteiger partial charge is 0.0491 e. The third kappa shape index (κ3) is 3.05. The Morgan fingerprint density at radius 3 is 2.89 bits per heavy atom. The fraction of sp³-hybridized carbons (Fsp3) is 0.625. The van der Waals surface area contributed by atoms with E-state index in [0.717, 1.165) is 25.8 Å². The lowest BCUT2D eigenvalue weighted by Gasteiger charge is -2.30. The van der Waals surface area contributed by atoms with Gasteiger partial charge in [0.25, 0.3) is 0 Å². The SMILES string of the molecule is CCCCCC1(CO)CCNc2ccccc2C1. The molecule has 18 heavy (non-hydrogen) atoms. The average Bonchev–Trinajstić information content (AvgIpc) is 2.58. The van der Waals surface area contributed by atoms with Crippen LogP contribution >= 0.6 is 0 Å². The average molecular weight is 247 g/mol. The maximum absolute atomic E-state index is 9.86. The first-order chi connectivity index (χ1) is 8.79. The van der Waals surface area contributed by atoms with Crippen LogP contribution in [0.3, 0.4) is 0 Å². The number of anilines is 1. The molecule has 0 bridgehead atoms. The molecule has 2 heteroatoms. The Balaban J connectivity index is 2.12. The summed E-state index contributed by atoms with van der Waals surface area (Å²) in [6.45, 7) is 3.52. The Morgan fingerprint density at radius 1 is 1.28 bits per heavy atom. The fourth-order valence-electron chi connectivity index (χ4n) is 2.98. The van der Waals surface area contributed by atoms with Gasteiger partial charge in [-0.15, -0.1) is 0 Å². The van der Waals surface area contributed by atoms with Gasteiger partial charge >= 0.3 is 0 Å². The van der Waals surface area contributed by atoms with Crippen molar-refractivity contribution >= 4 is 5.69 Å². The molecule has 0 spiro atoms. The fourth-order valence-corrected chi connectivity index (χ4v) is 2.98. The number of fused-ring (bicyclic) bond motifs is 1. The van der Waals surface area contributed by atoms with Crippen molar-refractivity contribution < 1.29 is 5.11 Å². The summed E-state index contributed by atoms with van der Waals surface area (Å²) >= 11 is 0. The number of hydrogen-bond donors (Lipinski definition) is 2. The van der Waals surface area contributed by atoms with E-state index in [4.69, 9.17) is 0 Å². The van der Waals surface area contributed by atoms with Crippen LogP contribution in [-0.2, 0) is 6.42 Å². The van der Waals surface area contributed by atoms with Crippen LogP contribution in [0.2, 0.25) is 0 Å². The first-order valence-corrected chi connectivity index (χ1v) is 7.22. The highest BCUT2D eigenvalue weighted by Gasteiger charge is 2.31. The van der Waals surface area contributed by atoms with Crippen LogP contribution in [0, 0.1) is 5.41 Å². The van der Waals surface area contributed by atoms with Crippen molar-refractivity contribution in [1.82, 2.24) is 0 Å². The molecule has 0 saturated heterocycles. The maximum atomic E-state index is 9.86. The van der Waals surface area contributed by atoms with Crippen molar-refractivity contribution in [3.8, 4) is 0 Å². The first kappa shape index (κ1) is 13.4. The summed E-state index contributed by atoms with van der Waals surface area (Å²) in [4.78, 5) is 0. The van der Waals surface area contributed by atoms with Crippen LogP contribution in [0.25, 0.3) is 0 Å². The highest BCUT2D eigenvalue weighted by atomic mass is 16.3. The van der Waals surface area contributed by atoms with Gasteiger partial charge in [0.1, 0.15) is 0 Å². The monoisotopic (exact) mass is 247 g/mol. The van der Waals surface area contributed by atoms with Crippen LogP contribution in [0.15, 0.2) is 24.3 Å².